The summed E-state index contributed by atoms with van der Waals surface area (Å²) in [5.74, 6) is -0.851. The van der Waals surface area contributed by atoms with Gasteiger partial charge in [-0.15, -0.1) is 0 Å². The van der Waals surface area contributed by atoms with Gasteiger partial charge in [0.1, 0.15) is 5.60 Å². The van der Waals surface area contributed by atoms with Crippen molar-refractivity contribution in [1.29, 1.82) is 0 Å². The lowest BCUT2D eigenvalue weighted by Gasteiger charge is -2.40. The SMILES string of the molecule is COC1CCCC(O)(C(C)C(=O)OC(C)(C)C)C1. The lowest BCUT2D eigenvalue weighted by atomic mass is 9.75. The van der Waals surface area contributed by atoms with Gasteiger partial charge in [0.05, 0.1) is 17.6 Å². The first-order valence-electron chi connectivity index (χ1n) is 6.66. The van der Waals surface area contributed by atoms with E-state index in [1.165, 1.54) is 0 Å². The molecule has 0 aliphatic heterocycles. The van der Waals surface area contributed by atoms with E-state index in [4.69, 9.17) is 9.47 Å². The number of aliphatic hydroxyl groups is 1. The Morgan fingerprint density at radius 2 is 2.06 bits per heavy atom. The van der Waals surface area contributed by atoms with E-state index >= 15 is 0 Å². The van der Waals surface area contributed by atoms with Crippen LogP contribution in [0.3, 0.4) is 0 Å². The molecule has 1 aliphatic rings. The number of carbonyl (C=O) groups is 1. The number of hydrogen-bond acceptors (Lipinski definition) is 4. The molecule has 1 rings (SSSR count). The van der Waals surface area contributed by atoms with Gasteiger partial charge < -0.3 is 14.6 Å². The standard InChI is InChI=1S/C14H26O4/c1-10(12(15)18-13(2,3)4)14(16)8-6-7-11(9-14)17-5/h10-11,16H,6-9H2,1-5H3. The molecule has 18 heavy (non-hydrogen) atoms. The molecule has 0 bridgehead atoms. The molecule has 1 aliphatic carbocycles. The summed E-state index contributed by atoms with van der Waals surface area (Å²) in [7, 11) is 1.65. The average molecular weight is 258 g/mol. The molecule has 0 aromatic heterocycles. The van der Waals surface area contributed by atoms with Crippen molar-refractivity contribution in [2.75, 3.05) is 7.11 Å². The van der Waals surface area contributed by atoms with Crippen molar-refractivity contribution < 1.29 is 19.4 Å². The first-order valence-corrected chi connectivity index (χ1v) is 6.66. The van der Waals surface area contributed by atoms with E-state index in [2.05, 4.69) is 0 Å². The predicted octanol–water partition coefficient (Wildman–Crippen LogP) is 2.28. The molecule has 0 spiro atoms. The zero-order chi connectivity index (χ0) is 14.0. The van der Waals surface area contributed by atoms with Gasteiger partial charge in [0.25, 0.3) is 0 Å². The number of carbonyl (C=O) groups excluding carboxylic acids is 1. The summed E-state index contributed by atoms with van der Waals surface area (Å²) in [4.78, 5) is 12.0. The Bertz CT molecular complexity index is 295. The maximum Gasteiger partial charge on any atom is 0.312 e. The Morgan fingerprint density at radius 3 is 2.56 bits per heavy atom. The Morgan fingerprint density at radius 1 is 1.44 bits per heavy atom. The van der Waals surface area contributed by atoms with Crippen molar-refractivity contribution in [2.24, 2.45) is 5.92 Å². The average Bonchev–Trinajstić information content (AvgIpc) is 2.25. The molecule has 106 valence electrons. The highest BCUT2D eigenvalue weighted by molar-refractivity contribution is 5.74. The Balaban J connectivity index is 2.69. The molecule has 3 atom stereocenters. The second-order valence-electron chi connectivity index (χ2n) is 6.31. The van der Waals surface area contributed by atoms with E-state index in [1.807, 2.05) is 20.8 Å². The summed E-state index contributed by atoms with van der Waals surface area (Å²) in [5.41, 5.74) is -1.52. The van der Waals surface area contributed by atoms with E-state index in [9.17, 15) is 9.90 Å². The van der Waals surface area contributed by atoms with Gasteiger partial charge in [0.2, 0.25) is 0 Å². The first kappa shape index (κ1) is 15.4. The third-order valence-electron chi connectivity index (χ3n) is 3.62. The molecule has 4 heteroatoms. The van der Waals surface area contributed by atoms with E-state index in [0.717, 1.165) is 12.8 Å². The largest absolute Gasteiger partial charge is 0.460 e. The Hall–Kier alpha value is -0.610. The second kappa shape index (κ2) is 5.57. The number of hydrogen-bond donors (Lipinski definition) is 1. The predicted molar refractivity (Wildman–Crippen MR) is 69.2 cm³/mol. The molecular formula is C14H26O4. The molecule has 0 aromatic carbocycles. The maximum atomic E-state index is 12.0. The lowest BCUT2D eigenvalue weighted by Crippen LogP contribution is -2.48. The summed E-state index contributed by atoms with van der Waals surface area (Å²) >= 11 is 0. The van der Waals surface area contributed by atoms with Crippen LogP contribution in [0.2, 0.25) is 0 Å². The van der Waals surface area contributed by atoms with Crippen molar-refractivity contribution >= 4 is 5.97 Å². The molecule has 0 saturated heterocycles. The van der Waals surface area contributed by atoms with Crippen molar-refractivity contribution in [2.45, 2.75) is 70.7 Å². The van der Waals surface area contributed by atoms with Crippen LogP contribution < -0.4 is 0 Å². The van der Waals surface area contributed by atoms with Crippen LogP contribution in [0.4, 0.5) is 0 Å². The van der Waals surface area contributed by atoms with Crippen molar-refractivity contribution in [3.05, 3.63) is 0 Å². The van der Waals surface area contributed by atoms with Crippen LogP contribution >= 0.6 is 0 Å². The second-order valence-corrected chi connectivity index (χ2v) is 6.31. The fourth-order valence-corrected chi connectivity index (χ4v) is 2.44. The minimum Gasteiger partial charge on any atom is -0.460 e. The highest BCUT2D eigenvalue weighted by atomic mass is 16.6. The van der Waals surface area contributed by atoms with Gasteiger partial charge in [-0.25, -0.2) is 0 Å². The highest BCUT2D eigenvalue weighted by Gasteiger charge is 2.43. The van der Waals surface area contributed by atoms with Crippen molar-refractivity contribution in [1.82, 2.24) is 0 Å². The molecule has 0 heterocycles. The smallest absolute Gasteiger partial charge is 0.312 e. The summed E-state index contributed by atoms with van der Waals surface area (Å²) in [6.07, 6.45) is 2.99. The van der Waals surface area contributed by atoms with Crippen LogP contribution in [0.25, 0.3) is 0 Å². The zero-order valence-corrected chi connectivity index (χ0v) is 12.2. The van der Waals surface area contributed by atoms with Crippen LogP contribution in [0, 0.1) is 5.92 Å². The van der Waals surface area contributed by atoms with Gasteiger partial charge in [-0.05, 0) is 47.0 Å². The van der Waals surface area contributed by atoms with Crippen LogP contribution in [0.1, 0.15) is 53.4 Å². The summed E-state index contributed by atoms with van der Waals surface area (Å²) in [5, 5.41) is 10.6. The van der Waals surface area contributed by atoms with Gasteiger partial charge in [-0.1, -0.05) is 0 Å². The molecule has 0 aromatic rings. The topological polar surface area (TPSA) is 55.8 Å². The molecule has 0 radical (unpaired) electrons. The molecule has 0 amide bonds. The number of rotatable bonds is 3. The minimum absolute atomic E-state index is 0.0358. The van der Waals surface area contributed by atoms with E-state index in [0.29, 0.717) is 12.8 Å². The zero-order valence-electron chi connectivity index (χ0n) is 12.2. The number of esters is 1. The number of methoxy groups -OCH3 is 1. The molecule has 3 unspecified atom stereocenters. The first-order chi connectivity index (χ1) is 8.18. The minimum atomic E-state index is -0.999. The van der Waals surface area contributed by atoms with Crippen LogP contribution in [0.5, 0.6) is 0 Å². The van der Waals surface area contributed by atoms with Gasteiger partial charge in [-0.3, -0.25) is 4.79 Å². The quantitative estimate of drug-likeness (QED) is 0.789. The van der Waals surface area contributed by atoms with Crippen LogP contribution in [-0.4, -0.2) is 35.5 Å². The molecule has 1 saturated carbocycles. The van der Waals surface area contributed by atoms with E-state index < -0.39 is 17.1 Å². The van der Waals surface area contributed by atoms with Gasteiger partial charge in [-0.2, -0.15) is 0 Å². The third kappa shape index (κ3) is 3.95. The number of ether oxygens (including phenoxy) is 2. The monoisotopic (exact) mass is 258 g/mol. The molecular weight excluding hydrogens is 232 g/mol. The molecule has 1 N–H and O–H groups in total. The Labute approximate surface area is 110 Å². The highest BCUT2D eigenvalue weighted by Crippen LogP contribution is 2.36. The van der Waals surface area contributed by atoms with Crippen molar-refractivity contribution in [3.63, 3.8) is 0 Å². The van der Waals surface area contributed by atoms with Crippen molar-refractivity contribution in [3.8, 4) is 0 Å². The normalized spacial score (nSPS) is 30.9. The lowest BCUT2D eigenvalue weighted by molar-refractivity contribution is -0.174. The third-order valence-corrected chi connectivity index (χ3v) is 3.62. The van der Waals surface area contributed by atoms with Crippen LogP contribution in [0.15, 0.2) is 0 Å². The summed E-state index contributed by atoms with van der Waals surface area (Å²) < 4.78 is 10.7. The van der Waals surface area contributed by atoms with E-state index in [-0.39, 0.29) is 12.1 Å². The van der Waals surface area contributed by atoms with Gasteiger partial charge in [0.15, 0.2) is 0 Å². The Kier molecular flexibility index (Phi) is 4.78. The van der Waals surface area contributed by atoms with Gasteiger partial charge in [0, 0.05) is 13.5 Å². The molecule has 4 nitrogen and oxygen atoms in total. The van der Waals surface area contributed by atoms with Gasteiger partial charge >= 0.3 is 5.97 Å². The molecule has 1 fully saturated rings. The maximum absolute atomic E-state index is 12.0. The summed E-state index contributed by atoms with van der Waals surface area (Å²) in [6.45, 7) is 7.24. The fraction of sp³-hybridized carbons (Fsp3) is 0.929. The van der Waals surface area contributed by atoms with E-state index in [1.54, 1.807) is 14.0 Å². The fourth-order valence-electron chi connectivity index (χ4n) is 2.44. The van der Waals surface area contributed by atoms with Crippen LogP contribution in [-0.2, 0) is 14.3 Å². The summed E-state index contributed by atoms with van der Waals surface area (Å²) in [6, 6.07) is 0.